The molecule has 44 valence electrons. The van der Waals surface area contributed by atoms with Crippen LogP contribution in [0.15, 0.2) is 12.2 Å². The minimum atomic E-state index is 1.00. The fourth-order valence-corrected chi connectivity index (χ4v) is 0.447. The average molecular weight is 108 g/mol. The lowest BCUT2D eigenvalue weighted by molar-refractivity contribution is 1.08. The van der Waals surface area contributed by atoms with E-state index in [1.165, 1.54) is 0 Å². The molecule has 0 aliphatic carbocycles. The van der Waals surface area contributed by atoms with Gasteiger partial charge < -0.3 is 0 Å². The third kappa shape index (κ3) is 5.30. The van der Waals surface area contributed by atoms with E-state index >= 15 is 0 Å². The van der Waals surface area contributed by atoms with Crippen molar-refractivity contribution in [2.45, 2.75) is 26.7 Å². The zero-order valence-electron chi connectivity index (χ0n) is 5.57. The molecule has 0 rings (SSSR count). The third-order valence-electron chi connectivity index (χ3n) is 0.848. The van der Waals surface area contributed by atoms with E-state index in [2.05, 4.69) is 24.0 Å². The van der Waals surface area contributed by atoms with Gasteiger partial charge in [-0.3, -0.25) is 0 Å². The predicted octanol–water partition coefficient (Wildman–Crippen LogP) is 2.37. The molecule has 0 radical (unpaired) electrons. The zero-order valence-corrected chi connectivity index (χ0v) is 5.57. The Balaban J connectivity index is 3.01. The van der Waals surface area contributed by atoms with Crippen LogP contribution in [-0.4, -0.2) is 0 Å². The molecule has 0 heteroatoms. The second-order valence-corrected chi connectivity index (χ2v) is 1.53. The van der Waals surface area contributed by atoms with Gasteiger partial charge in [0.15, 0.2) is 0 Å². The van der Waals surface area contributed by atoms with Crippen molar-refractivity contribution < 1.29 is 0 Å². The lowest BCUT2D eigenvalue weighted by atomic mass is 10.3. The van der Waals surface area contributed by atoms with E-state index in [0.717, 1.165) is 12.8 Å². The van der Waals surface area contributed by atoms with Crippen LogP contribution in [0.2, 0.25) is 0 Å². The summed E-state index contributed by atoms with van der Waals surface area (Å²) >= 11 is 0. The van der Waals surface area contributed by atoms with Crippen LogP contribution < -0.4 is 0 Å². The molecule has 0 unspecified atom stereocenters. The molecule has 8 heavy (non-hydrogen) atoms. The van der Waals surface area contributed by atoms with Crippen LogP contribution in [0, 0.1) is 11.8 Å². The summed E-state index contributed by atoms with van der Waals surface area (Å²) in [4.78, 5) is 0. The zero-order chi connectivity index (χ0) is 6.24. The Kier molecular flexibility index (Phi) is 5.75. The van der Waals surface area contributed by atoms with Gasteiger partial charge in [-0.1, -0.05) is 12.2 Å². The Bertz CT molecular complexity index is 110. The van der Waals surface area contributed by atoms with Gasteiger partial charge in [0.25, 0.3) is 0 Å². The summed E-state index contributed by atoms with van der Waals surface area (Å²) in [6.07, 6.45) is 6.28. The summed E-state index contributed by atoms with van der Waals surface area (Å²) in [6, 6.07) is 0. The second kappa shape index (κ2) is 6.30. The molecule has 0 fully saturated rings. The van der Waals surface area contributed by atoms with Crippen LogP contribution in [-0.2, 0) is 0 Å². The fraction of sp³-hybridized carbons (Fsp3) is 0.500. The van der Waals surface area contributed by atoms with E-state index in [9.17, 15) is 0 Å². The molecule has 0 aliphatic heterocycles. The molecule has 0 aliphatic rings. The molecule has 0 aromatic carbocycles. The topological polar surface area (TPSA) is 0 Å². The van der Waals surface area contributed by atoms with Crippen LogP contribution >= 0.6 is 0 Å². The standard InChI is InChI=1S/C8H12/c1-3-5-7-8-6-4-2/h3,5H,7-8H2,1-2H3/b5-3-. The van der Waals surface area contributed by atoms with Gasteiger partial charge in [-0.2, -0.15) is 0 Å². The fourth-order valence-electron chi connectivity index (χ4n) is 0.447. The highest BCUT2D eigenvalue weighted by atomic mass is 13.7. The highest BCUT2D eigenvalue weighted by molar-refractivity contribution is 4.96. The first-order chi connectivity index (χ1) is 3.91. The molecule has 0 amide bonds. The minimum Gasteiger partial charge on any atom is -0.107 e. The number of unbranched alkanes of at least 4 members (excludes halogenated alkanes) is 1. The Hall–Kier alpha value is -0.700. The molecule has 0 aromatic heterocycles. The number of rotatable bonds is 2. The maximum atomic E-state index is 2.98. The summed E-state index contributed by atoms with van der Waals surface area (Å²) in [5.41, 5.74) is 0. The molecule has 0 saturated carbocycles. The van der Waals surface area contributed by atoms with E-state index in [0.29, 0.717) is 0 Å². The molecule has 0 saturated heterocycles. The second-order valence-electron chi connectivity index (χ2n) is 1.53. The number of allylic oxidation sites excluding steroid dienone is 2. The van der Waals surface area contributed by atoms with Gasteiger partial charge in [0.05, 0.1) is 0 Å². The summed E-state index contributed by atoms with van der Waals surface area (Å²) in [7, 11) is 0. The normalized spacial score (nSPS) is 8.75. The van der Waals surface area contributed by atoms with E-state index in [4.69, 9.17) is 0 Å². The average Bonchev–Trinajstić information content (AvgIpc) is 1.81. The molecular formula is C8H12. The Morgan fingerprint density at radius 1 is 1.50 bits per heavy atom. The van der Waals surface area contributed by atoms with Gasteiger partial charge in [0.2, 0.25) is 0 Å². The van der Waals surface area contributed by atoms with E-state index in [-0.39, 0.29) is 0 Å². The van der Waals surface area contributed by atoms with E-state index in [1.54, 1.807) is 0 Å². The smallest absolute Gasteiger partial charge is 0.0123 e. The number of hydrogen-bond acceptors (Lipinski definition) is 0. The van der Waals surface area contributed by atoms with Crippen LogP contribution in [0.5, 0.6) is 0 Å². The summed E-state index contributed by atoms with van der Waals surface area (Å²) < 4.78 is 0. The monoisotopic (exact) mass is 108 g/mol. The lowest BCUT2D eigenvalue weighted by Gasteiger charge is -1.78. The SMILES string of the molecule is CC#CCC/C=C\C. The van der Waals surface area contributed by atoms with Crippen LogP contribution in [0.4, 0.5) is 0 Å². The minimum absolute atomic E-state index is 1.00. The molecular weight excluding hydrogens is 96.1 g/mol. The maximum absolute atomic E-state index is 2.98. The molecule has 0 nitrogen and oxygen atoms in total. The van der Waals surface area contributed by atoms with Crippen molar-refractivity contribution in [1.29, 1.82) is 0 Å². The van der Waals surface area contributed by atoms with Crippen molar-refractivity contribution in [2.24, 2.45) is 0 Å². The Labute approximate surface area is 51.6 Å². The van der Waals surface area contributed by atoms with Crippen molar-refractivity contribution in [3.05, 3.63) is 12.2 Å². The van der Waals surface area contributed by atoms with Gasteiger partial charge in [-0.05, 0) is 20.3 Å². The summed E-state index contributed by atoms with van der Waals surface area (Å²) in [6.45, 7) is 3.90. The quantitative estimate of drug-likeness (QED) is 0.289. The predicted molar refractivity (Wildman–Crippen MR) is 37.5 cm³/mol. The van der Waals surface area contributed by atoms with Gasteiger partial charge >= 0.3 is 0 Å². The van der Waals surface area contributed by atoms with Gasteiger partial charge in [0, 0.05) is 6.42 Å². The third-order valence-corrected chi connectivity index (χ3v) is 0.848. The molecule has 0 heterocycles. The Morgan fingerprint density at radius 2 is 2.25 bits per heavy atom. The van der Waals surface area contributed by atoms with E-state index in [1.807, 2.05) is 13.8 Å². The molecule has 0 atom stereocenters. The van der Waals surface area contributed by atoms with Gasteiger partial charge in [-0.15, -0.1) is 11.8 Å². The summed E-state index contributed by atoms with van der Waals surface area (Å²) in [5.74, 6) is 5.82. The first-order valence-corrected chi connectivity index (χ1v) is 2.92. The molecule has 0 bridgehead atoms. The molecule has 0 N–H and O–H groups in total. The van der Waals surface area contributed by atoms with Crippen LogP contribution in [0.1, 0.15) is 26.7 Å². The highest BCUT2D eigenvalue weighted by Crippen LogP contribution is 1.86. The van der Waals surface area contributed by atoms with Crippen molar-refractivity contribution in [2.75, 3.05) is 0 Å². The van der Waals surface area contributed by atoms with Crippen molar-refractivity contribution in [3.8, 4) is 11.8 Å². The van der Waals surface area contributed by atoms with Crippen molar-refractivity contribution in [3.63, 3.8) is 0 Å². The van der Waals surface area contributed by atoms with E-state index < -0.39 is 0 Å². The lowest BCUT2D eigenvalue weighted by Crippen LogP contribution is -1.61. The first kappa shape index (κ1) is 7.30. The maximum Gasteiger partial charge on any atom is 0.0123 e. The summed E-state index contributed by atoms with van der Waals surface area (Å²) in [5, 5.41) is 0. The first-order valence-electron chi connectivity index (χ1n) is 2.92. The number of hydrogen-bond donors (Lipinski definition) is 0. The van der Waals surface area contributed by atoms with Gasteiger partial charge in [0.1, 0.15) is 0 Å². The van der Waals surface area contributed by atoms with Crippen molar-refractivity contribution in [1.82, 2.24) is 0 Å². The Morgan fingerprint density at radius 3 is 2.75 bits per heavy atom. The largest absolute Gasteiger partial charge is 0.107 e. The van der Waals surface area contributed by atoms with Crippen LogP contribution in [0.25, 0.3) is 0 Å². The van der Waals surface area contributed by atoms with Crippen LogP contribution in [0.3, 0.4) is 0 Å². The highest BCUT2D eigenvalue weighted by Gasteiger charge is 1.69. The molecule has 0 spiro atoms. The van der Waals surface area contributed by atoms with Gasteiger partial charge in [-0.25, -0.2) is 0 Å². The molecule has 0 aromatic rings. The van der Waals surface area contributed by atoms with Crippen molar-refractivity contribution >= 4 is 0 Å².